The van der Waals surface area contributed by atoms with Crippen LogP contribution in [-0.4, -0.2) is 57.0 Å². The third kappa shape index (κ3) is 3.08. The molecule has 0 N–H and O–H groups in total. The Morgan fingerprint density at radius 2 is 2.09 bits per heavy atom. The number of amides is 1. The highest BCUT2D eigenvalue weighted by atomic mass is 16.2. The summed E-state index contributed by atoms with van der Waals surface area (Å²) in [4.78, 5) is 16.7. The second-order valence-corrected chi connectivity index (χ2v) is 5.41. The first kappa shape index (κ1) is 14.5. The molecule has 2 aromatic heterocycles. The monoisotopic (exact) mass is 300 g/mol. The van der Waals surface area contributed by atoms with Gasteiger partial charge in [0, 0.05) is 44.8 Å². The summed E-state index contributed by atoms with van der Waals surface area (Å²) >= 11 is 0. The quantitative estimate of drug-likeness (QED) is 0.845. The van der Waals surface area contributed by atoms with Crippen LogP contribution >= 0.6 is 0 Å². The van der Waals surface area contributed by atoms with Gasteiger partial charge in [0.1, 0.15) is 6.04 Å². The van der Waals surface area contributed by atoms with Crippen molar-refractivity contribution in [3.63, 3.8) is 0 Å². The minimum atomic E-state index is -0.266. The zero-order valence-corrected chi connectivity index (χ0v) is 12.7. The van der Waals surface area contributed by atoms with Crippen molar-refractivity contribution in [1.29, 1.82) is 0 Å². The molecule has 0 unspecified atom stereocenters. The third-order valence-corrected chi connectivity index (χ3v) is 3.97. The van der Waals surface area contributed by atoms with Gasteiger partial charge in [-0.1, -0.05) is 0 Å². The molecule has 1 atom stereocenters. The van der Waals surface area contributed by atoms with E-state index in [0.29, 0.717) is 6.54 Å². The summed E-state index contributed by atoms with van der Waals surface area (Å²) in [5.41, 5.74) is 0. The van der Waals surface area contributed by atoms with Gasteiger partial charge < -0.3 is 9.80 Å². The van der Waals surface area contributed by atoms with Crippen LogP contribution in [0.2, 0.25) is 0 Å². The van der Waals surface area contributed by atoms with E-state index in [0.717, 1.165) is 31.9 Å². The summed E-state index contributed by atoms with van der Waals surface area (Å²) in [6, 6.07) is 5.41. The molecule has 1 fully saturated rings. The molecule has 1 saturated heterocycles. The molecule has 1 amide bonds. The van der Waals surface area contributed by atoms with Crippen LogP contribution in [0.25, 0.3) is 0 Å². The first-order valence-corrected chi connectivity index (χ1v) is 7.56. The lowest BCUT2D eigenvalue weighted by Gasteiger charge is -2.25. The summed E-state index contributed by atoms with van der Waals surface area (Å²) in [5, 5.41) is 12.2. The fourth-order valence-corrected chi connectivity index (χ4v) is 2.72. The minimum Gasteiger partial charge on any atom is -0.353 e. The highest BCUT2D eigenvalue weighted by Gasteiger charge is 2.24. The molecule has 1 aliphatic rings. The van der Waals surface area contributed by atoms with Crippen LogP contribution in [0.15, 0.2) is 36.8 Å². The Morgan fingerprint density at radius 1 is 1.18 bits per heavy atom. The molecule has 1 aliphatic heterocycles. The number of rotatable bonds is 3. The Bertz CT molecular complexity index is 600. The van der Waals surface area contributed by atoms with Crippen LogP contribution in [0.5, 0.6) is 0 Å². The molecule has 0 radical (unpaired) electrons. The van der Waals surface area contributed by atoms with Crippen LogP contribution in [0, 0.1) is 0 Å². The molecule has 22 heavy (non-hydrogen) atoms. The maximum atomic E-state index is 12.6. The van der Waals surface area contributed by atoms with E-state index in [2.05, 4.69) is 20.2 Å². The largest absolute Gasteiger partial charge is 0.353 e. The topological polar surface area (TPSA) is 67.2 Å². The Labute approximate surface area is 129 Å². The predicted octanol–water partition coefficient (Wildman–Crippen LogP) is 0.973. The number of hydrogen-bond acceptors (Lipinski definition) is 5. The lowest BCUT2D eigenvalue weighted by molar-refractivity contribution is -0.134. The number of hydrogen-bond donors (Lipinski definition) is 0. The van der Waals surface area contributed by atoms with Gasteiger partial charge in [0.05, 0.1) is 0 Å². The van der Waals surface area contributed by atoms with Crippen molar-refractivity contribution in [1.82, 2.24) is 24.9 Å². The number of carbonyl (C=O) groups excluding carboxylic acids is 1. The average molecular weight is 300 g/mol. The van der Waals surface area contributed by atoms with Gasteiger partial charge in [-0.2, -0.15) is 10.2 Å². The number of nitrogens with zero attached hydrogens (tertiary/aromatic N) is 6. The summed E-state index contributed by atoms with van der Waals surface area (Å²) < 4.78 is 1.70. The van der Waals surface area contributed by atoms with E-state index >= 15 is 0 Å². The fourth-order valence-electron chi connectivity index (χ4n) is 2.72. The van der Waals surface area contributed by atoms with E-state index in [1.54, 1.807) is 17.1 Å². The third-order valence-electron chi connectivity index (χ3n) is 3.97. The lowest BCUT2D eigenvalue weighted by Crippen LogP contribution is -2.39. The van der Waals surface area contributed by atoms with Crippen LogP contribution in [0.4, 0.5) is 5.82 Å². The molecule has 2 aromatic rings. The number of aromatic nitrogens is 4. The molecule has 0 spiro atoms. The zero-order chi connectivity index (χ0) is 15.4. The first-order chi connectivity index (χ1) is 10.8. The molecule has 0 saturated carbocycles. The van der Waals surface area contributed by atoms with Crippen LogP contribution in [0.3, 0.4) is 0 Å². The van der Waals surface area contributed by atoms with Crippen molar-refractivity contribution in [2.45, 2.75) is 19.4 Å². The molecule has 116 valence electrons. The van der Waals surface area contributed by atoms with E-state index < -0.39 is 0 Å². The van der Waals surface area contributed by atoms with E-state index in [4.69, 9.17) is 0 Å². The second kappa shape index (κ2) is 6.55. The molecule has 7 heteroatoms. The van der Waals surface area contributed by atoms with Gasteiger partial charge in [-0.3, -0.25) is 9.48 Å². The van der Waals surface area contributed by atoms with E-state index in [-0.39, 0.29) is 11.9 Å². The van der Waals surface area contributed by atoms with Crippen LogP contribution in [0.1, 0.15) is 19.4 Å². The number of anilines is 1. The summed E-state index contributed by atoms with van der Waals surface area (Å²) in [6.45, 7) is 5.01. The number of carbonyl (C=O) groups is 1. The minimum absolute atomic E-state index is 0.115. The normalized spacial score (nSPS) is 17.1. The molecule has 3 heterocycles. The first-order valence-electron chi connectivity index (χ1n) is 7.56. The van der Waals surface area contributed by atoms with Crippen molar-refractivity contribution in [2.24, 2.45) is 0 Å². The van der Waals surface area contributed by atoms with Crippen molar-refractivity contribution in [3.05, 3.63) is 36.8 Å². The van der Waals surface area contributed by atoms with Gasteiger partial charge in [-0.05, 0) is 31.5 Å². The van der Waals surface area contributed by atoms with Crippen molar-refractivity contribution < 1.29 is 4.79 Å². The van der Waals surface area contributed by atoms with Gasteiger partial charge in [-0.25, -0.2) is 0 Å². The maximum Gasteiger partial charge on any atom is 0.247 e. The second-order valence-electron chi connectivity index (χ2n) is 5.41. The predicted molar refractivity (Wildman–Crippen MR) is 82.4 cm³/mol. The van der Waals surface area contributed by atoms with E-state index in [1.165, 1.54) is 0 Å². The molecule has 0 bridgehead atoms. The Hall–Kier alpha value is -2.44. The highest BCUT2D eigenvalue weighted by molar-refractivity contribution is 5.80. The van der Waals surface area contributed by atoms with Gasteiger partial charge in [-0.15, -0.1) is 5.10 Å². The lowest BCUT2D eigenvalue weighted by atomic mass is 10.2. The fraction of sp³-hybridized carbons (Fsp3) is 0.467. The molecular formula is C15H20N6O. The van der Waals surface area contributed by atoms with Gasteiger partial charge >= 0.3 is 0 Å². The van der Waals surface area contributed by atoms with E-state index in [1.807, 2.05) is 36.2 Å². The highest BCUT2D eigenvalue weighted by Crippen LogP contribution is 2.15. The molecule has 0 aliphatic carbocycles. The van der Waals surface area contributed by atoms with Gasteiger partial charge in [0.25, 0.3) is 0 Å². The molecular weight excluding hydrogens is 280 g/mol. The van der Waals surface area contributed by atoms with Crippen molar-refractivity contribution in [2.75, 3.05) is 31.1 Å². The molecule has 3 rings (SSSR count). The Kier molecular flexibility index (Phi) is 4.32. The van der Waals surface area contributed by atoms with Crippen LogP contribution in [-0.2, 0) is 4.79 Å². The SMILES string of the molecule is C[C@H](C(=O)N1CCCN(c2cccnn2)CC1)n1cccn1. The standard InChI is InChI=1S/C15H20N6O/c1-13(21-10-3-7-17-21)15(22)20-9-4-8-19(11-12-20)14-5-2-6-16-18-14/h2-3,5-7,10,13H,4,8-9,11-12H2,1H3/t13-/m1/s1. The van der Waals surface area contributed by atoms with Gasteiger partial charge in [0.15, 0.2) is 5.82 Å². The Morgan fingerprint density at radius 3 is 2.82 bits per heavy atom. The average Bonchev–Trinajstić information content (AvgIpc) is 2.99. The smallest absolute Gasteiger partial charge is 0.247 e. The Balaban J connectivity index is 1.64. The summed E-state index contributed by atoms with van der Waals surface area (Å²) in [7, 11) is 0. The maximum absolute atomic E-state index is 12.6. The summed E-state index contributed by atoms with van der Waals surface area (Å²) in [6.07, 6.45) is 6.12. The summed E-state index contributed by atoms with van der Waals surface area (Å²) in [5.74, 6) is 0.988. The van der Waals surface area contributed by atoms with Crippen molar-refractivity contribution in [3.8, 4) is 0 Å². The molecule has 0 aromatic carbocycles. The van der Waals surface area contributed by atoms with Gasteiger partial charge in [0.2, 0.25) is 5.91 Å². The molecule has 7 nitrogen and oxygen atoms in total. The van der Waals surface area contributed by atoms with Crippen LogP contribution < -0.4 is 4.90 Å². The van der Waals surface area contributed by atoms with Crippen molar-refractivity contribution >= 4 is 11.7 Å². The zero-order valence-electron chi connectivity index (χ0n) is 12.7. The van der Waals surface area contributed by atoms with E-state index in [9.17, 15) is 4.79 Å².